The Balaban J connectivity index is 1.72. The summed E-state index contributed by atoms with van der Waals surface area (Å²) in [5.74, 6) is -1.17. The molecule has 0 bridgehead atoms. The SMILES string of the molecule is CC(=O)O[C@@H]1[C@H](OC(C)=O)[C@@H](C(F)Sc2ccccc2)O[C@H]1n1cnc2c(N)ncnc21. The average Bonchev–Trinajstić information content (AvgIpc) is 3.31. The lowest BCUT2D eigenvalue weighted by molar-refractivity contribution is -0.165. The first-order valence-corrected chi connectivity index (χ1v) is 10.5. The van der Waals surface area contributed by atoms with Crippen LogP contribution in [0.2, 0.25) is 0 Å². The number of fused-ring (bicyclic) bond motifs is 1. The van der Waals surface area contributed by atoms with E-state index in [1.807, 2.05) is 6.07 Å². The van der Waals surface area contributed by atoms with Crippen molar-refractivity contribution in [2.24, 2.45) is 0 Å². The maximum Gasteiger partial charge on any atom is 0.303 e. The number of alkyl halides is 1. The van der Waals surface area contributed by atoms with Gasteiger partial charge in [0.25, 0.3) is 0 Å². The van der Waals surface area contributed by atoms with E-state index in [0.29, 0.717) is 16.1 Å². The van der Waals surface area contributed by atoms with Gasteiger partial charge in [0.15, 0.2) is 35.4 Å². The molecule has 5 atom stereocenters. The molecule has 1 unspecified atom stereocenters. The van der Waals surface area contributed by atoms with Gasteiger partial charge in [-0.2, -0.15) is 0 Å². The van der Waals surface area contributed by atoms with E-state index < -0.39 is 42.0 Å². The molecule has 1 aliphatic heterocycles. The third-order valence-electron chi connectivity index (χ3n) is 4.74. The van der Waals surface area contributed by atoms with Crippen LogP contribution in [0.1, 0.15) is 20.1 Å². The summed E-state index contributed by atoms with van der Waals surface area (Å²) in [6.07, 6.45) is -2.04. The number of anilines is 1. The number of nitrogens with two attached hydrogens (primary N) is 1. The molecule has 1 fully saturated rings. The van der Waals surface area contributed by atoms with Crippen molar-refractivity contribution in [2.45, 2.75) is 48.8 Å². The van der Waals surface area contributed by atoms with Crippen LogP contribution in [0.5, 0.6) is 0 Å². The molecule has 1 saturated heterocycles. The summed E-state index contributed by atoms with van der Waals surface area (Å²) in [6.45, 7) is 2.39. The van der Waals surface area contributed by atoms with E-state index in [2.05, 4.69) is 15.0 Å². The summed E-state index contributed by atoms with van der Waals surface area (Å²) >= 11 is 0.904. The number of nitrogen functional groups attached to an aromatic ring is 1. The summed E-state index contributed by atoms with van der Waals surface area (Å²) < 4.78 is 33.7. The van der Waals surface area contributed by atoms with Gasteiger partial charge < -0.3 is 19.9 Å². The molecule has 0 radical (unpaired) electrons. The maximum absolute atomic E-state index is 15.4. The number of benzene rings is 1. The number of hydrogen-bond acceptors (Lipinski definition) is 10. The molecule has 168 valence electrons. The Morgan fingerprint density at radius 2 is 1.81 bits per heavy atom. The number of aromatic nitrogens is 4. The maximum atomic E-state index is 15.4. The van der Waals surface area contributed by atoms with Crippen molar-refractivity contribution in [1.82, 2.24) is 19.5 Å². The summed E-state index contributed by atoms with van der Waals surface area (Å²) in [5, 5.41) is 0. The number of thioether (sulfide) groups is 1. The van der Waals surface area contributed by atoms with Gasteiger partial charge in [-0.3, -0.25) is 14.2 Å². The number of hydrogen-bond donors (Lipinski definition) is 1. The predicted octanol–water partition coefficient (Wildman–Crippen LogP) is 2.26. The van der Waals surface area contributed by atoms with Gasteiger partial charge in [0, 0.05) is 18.7 Å². The highest BCUT2D eigenvalue weighted by Gasteiger charge is 2.53. The Morgan fingerprint density at radius 3 is 2.50 bits per heavy atom. The molecule has 32 heavy (non-hydrogen) atoms. The standard InChI is InChI=1S/C20H20FN5O5S/c1-10(27)29-14-15(17(21)32-12-6-4-3-5-7-12)31-20(16(14)30-11(2)28)26-9-25-13-18(22)23-8-24-19(13)26/h3-9,14-17,20H,1-2H3,(H2,22,23,24)/t14-,15+,16-,17?,20-/m1/s1. The fourth-order valence-corrected chi connectivity index (χ4v) is 4.42. The molecule has 2 N–H and O–H groups in total. The van der Waals surface area contributed by atoms with Crippen molar-refractivity contribution < 1.29 is 28.2 Å². The Labute approximate surface area is 186 Å². The highest BCUT2D eigenvalue weighted by atomic mass is 32.2. The smallest absolute Gasteiger partial charge is 0.303 e. The normalized spacial score (nSPS) is 23.7. The van der Waals surface area contributed by atoms with Crippen LogP contribution in [0, 0.1) is 0 Å². The third kappa shape index (κ3) is 4.36. The Bertz CT molecular complexity index is 1130. The largest absolute Gasteiger partial charge is 0.455 e. The van der Waals surface area contributed by atoms with Crippen molar-refractivity contribution in [3.05, 3.63) is 43.0 Å². The fourth-order valence-electron chi connectivity index (χ4n) is 3.49. The number of halogens is 1. The van der Waals surface area contributed by atoms with Crippen LogP contribution in [0.25, 0.3) is 11.2 Å². The first kappa shape index (κ1) is 22.0. The van der Waals surface area contributed by atoms with Gasteiger partial charge in [-0.15, -0.1) is 0 Å². The third-order valence-corrected chi connectivity index (χ3v) is 5.78. The van der Waals surface area contributed by atoms with Gasteiger partial charge in [0.1, 0.15) is 17.9 Å². The Morgan fingerprint density at radius 1 is 1.12 bits per heavy atom. The van der Waals surface area contributed by atoms with Crippen molar-refractivity contribution in [3.63, 3.8) is 0 Å². The number of rotatable bonds is 6. The van der Waals surface area contributed by atoms with E-state index in [0.717, 1.165) is 11.8 Å². The summed E-state index contributed by atoms with van der Waals surface area (Å²) in [6, 6.07) is 8.87. The lowest BCUT2D eigenvalue weighted by atomic mass is 10.1. The lowest BCUT2D eigenvalue weighted by Crippen LogP contribution is -2.41. The van der Waals surface area contributed by atoms with Crippen molar-refractivity contribution in [3.8, 4) is 0 Å². The van der Waals surface area contributed by atoms with E-state index in [9.17, 15) is 9.59 Å². The quantitative estimate of drug-likeness (QED) is 0.431. The zero-order valence-corrected chi connectivity index (χ0v) is 17.9. The minimum absolute atomic E-state index is 0.145. The zero-order chi connectivity index (χ0) is 22.8. The number of ether oxygens (including phenoxy) is 3. The molecular formula is C20H20FN5O5S. The van der Waals surface area contributed by atoms with Crippen molar-refractivity contribution >= 4 is 40.7 Å². The van der Waals surface area contributed by atoms with Crippen molar-refractivity contribution in [2.75, 3.05) is 5.73 Å². The van der Waals surface area contributed by atoms with Crippen LogP contribution in [0.4, 0.5) is 10.2 Å². The second-order valence-corrected chi connectivity index (χ2v) is 8.16. The van der Waals surface area contributed by atoms with Gasteiger partial charge >= 0.3 is 11.9 Å². The van der Waals surface area contributed by atoms with E-state index in [-0.39, 0.29) is 5.82 Å². The van der Waals surface area contributed by atoms with Crippen LogP contribution in [-0.2, 0) is 23.8 Å². The molecule has 0 saturated carbocycles. The first-order valence-electron chi connectivity index (χ1n) is 9.64. The second kappa shape index (κ2) is 9.09. The topological polar surface area (TPSA) is 131 Å². The molecule has 1 aliphatic rings. The van der Waals surface area contributed by atoms with Crippen molar-refractivity contribution in [1.29, 1.82) is 0 Å². The molecule has 3 heterocycles. The summed E-state index contributed by atoms with van der Waals surface area (Å²) in [7, 11) is 0. The number of imidazole rings is 1. The van der Waals surface area contributed by atoms with Gasteiger partial charge in [-0.1, -0.05) is 30.0 Å². The Hall–Kier alpha value is -3.25. The number of carbonyl (C=O) groups excluding carboxylic acids is 2. The van der Waals surface area contributed by atoms with Gasteiger partial charge in [-0.05, 0) is 12.1 Å². The summed E-state index contributed by atoms with van der Waals surface area (Å²) in [4.78, 5) is 36.5. The molecular weight excluding hydrogens is 441 g/mol. The molecule has 1 aromatic carbocycles. The number of esters is 2. The van der Waals surface area contributed by atoms with Crippen LogP contribution in [-0.4, -0.2) is 55.3 Å². The Kier molecular flexibility index (Phi) is 6.24. The molecule has 3 aromatic rings. The van der Waals surface area contributed by atoms with Crippen LogP contribution in [0.3, 0.4) is 0 Å². The zero-order valence-electron chi connectivity index (χ0n) is 17.1. The molecule has 2 aromatic heterocycles. The average molecular weight is 461 g/mol. The van der Waals surface area contributed by atoms with E-state index >= 15 is 4.39 Å². The minimum Gasteiger partial charge on any atom is -0.455 e. The van der Waals surface area contributed by atoms with Crippen LogP contribution < -0.4 is 5.73 Å². The van der Waals surface area contributed by atoms with Gasteiger partial charge in [-0.25, -0.2) is 19.3 Å². The monoisotopic (exact) mass is 461 g/mol. The second-order valence-electron chi connectivity index (χ2n) is 7.00. The van der Waals surface area contributed by atoms with Gasteiger partial charge in [0.05, 0.1) is 6.33 Å². The van der Waals surface area contributed by atoms with E-state index in [4.69, 9.17) is 19.9 Å². The predicted molar refractivity (Wildman–Crippen MR) is 112 cm³/mol. The molecule has 0 aliphatic carbocycles. The minimum atomic E-state index is -1.64. The fraction of sp³-hybridized carbons (Fsp3) is 0.350. The molecule has 0 spiro atoms. The number of carbonyl (C=O) groups is 2. The summed E-state index contributed by atoms with van der Waals surface area (Å²) in [5.41, 5.74) is 4.82. The van der Waals surface area contributed by atoms with Gasteiger partial charge in [0.2, 0.25) is 0 Å². The highest BCUT2D eigenvalue weighted by molar-refractivity contribution is 7.99. The molecule has 0 amide bonds. The molecule has 12 heteroatoms. The van der Waals surface area contributed by atoms with Crippen LogP contribution >= 0.6 is 11.8 Å². The molecule has 4 rings (SSSR count). The first-order chi connectivity index (χ1) is 15.3. The lowest BCUT2D eigenvalue weighted by Gasteiger charge is -2.24. The highest BCUT2D eigenvalue weighted by Crippen LogP contribution is 2.41. The van der Waals surface area contributed by atoms with Crippen LogP contribution in [0.15, 0.2) is 47.9 Å². The molecule has 10 nitrogen and oxygen atoms in total. The van der Waals surface area contributed by atoms with E-state index in [1.54, 1.807) is 24.3 Å². The van der Waals surface area contributed by atoms with E-state index in [1.165, 1.54) is 31.1 Å². The number of nitrogens with zero attached hydrogens (tertiary/aromatic N) is 4.